The first kappa shape index (κ1) is 14.5. The van der Waals surface area contributed by atoms with E-state index in [1.807, 2.05) is 30.3 Å². The SMILES string of the molecule is Fc1ccc(C2=C(CN3CCCC3)COc3ccccc32)cc1. The summed E-state index contributed by atoms with van der Waals surface area (Å²) in [6.07, 6.45) is 2.55. The maximum atomic E-state index is 13.3. The normalized spacial score (nSPS) is 18.0. The molecule has 0 bridgehead atoms. The molecule has 0 saturated carbocycles. The fourth-order valence-electron chi connectivity index (χ4n) is 3.54. The molecular formula is C20H20FNO. The van der Waals surface area contributed by atoms with Gasteiger partial charge in [0.25, 0.3) is 0 Å². The van der Waals surface area contributed by atoms with Crippen LogP contribution in [0.2, 0.25) is 0 Å². The van der Waals surface area contributed by atoms with Crippen molar-refractivity contribution in [1.82, 2.24) is 4.90 Å². The summed E-state index contributed by atoms with van der Waals surface area (Å²) in [7, 11) is 0. The molecular weight excluding hydrogens is 289 g/mol. The Morgan fingerprint density at radius 1 is 0.957 bits per heavy atom. The molecule has 23 heavy (non-hydrogen) atoms. The lowest BCUT2D eigenvalue weighted by molar-refractivity contribution is 0.308. The van der Waals surface area contributed by atoms with Gasteiger partial charge in [-0.15, -0.1) is 0 Å². The summed E-state index contributed by atoms with van der Waals surface area (Å²) in [5, 5.41) is 0. The summed E-state index contributed by atoms with van der Waals surface area (Å²) in [6.45, 7) is 3.85. The van der Waals surface area contributed by atoms with Crippen molar-refractivity contribution in [2.75, 3.05) is 26.2 Å². The number of benzene rings is 2. The van der Waals surface area contributed by atoms with Crippen LogP contribution in [-0.2, 0) is 0 Å². The molecule has 2 aromatic rings. The van der Waals surface area contributed by atoms with Crippen LogP contribution < -0.4 is 4.74 Å². The molecule has 118 valence electrons. The van der Waals surface area contributed by atoms with Crippen LogP contribution >= 0.6 is 0 Å². The molecule has 2 nitrogen and oxygen atoms in total. The van der Waals surface area contributed by atoms with Crippen LogP contribution in [0, 0.1) is 5.82 Å². The largest absolute Gasteiger partial charge is 0.489 e. The Morgan fingerprint density at radius 2 is 1.70 bits per heavy atom. The summed E-state index contributed by atoms with van der Waals surface area (Å²) >= 11 is 0. The number of rotatable bonds is 3. The van der Waals surface area contributed by atoms with E-state index in [0.29, 0.717) is 6.61 Å². The third kappa shape index (κ3) is 2.89. The third-order valence-corrected chi connectivity index (χ3v) is 4.66. The monoisotopic (exact) mass is 309 g/mol. The number of nitrogens with zero attached hydrogens (tertiary/aromatic N) is 1. The number of ether oxygens (including phenoxy) is 1. The van der Waals surface area contributed by atoms with Gasteiger partial charge in [-0.3, -0.25) is 4.90 Å². The van der Waals surface area contributed by atoms with Crippen molar-refractivity contribution in [3.63, 3.8) is 0 Å². The van der Waals surface area contributed by atoms with Gasteiger partial charge in [-0.25, -0.2) is 4.39 Å². The first-order chi connectivity index (χ1) is 11.3. The minimum Gasteiger partial charge on any atom is -0.489 e. The number of halogens is 1. The van der Waals surface area contributed by atoms with E-state index in [1.54, 1.807) is 0 Å². The van der Waals surface area contributed by atoms with Gasteiger partial charge in [-0.1, -0.05) is 30.3 Å². The molecule has 0 aromatic heterocycles. The molecule has 0 atom stereocenters. The lowest BCUT2D eigenvalue weighted by Gasteiger charge is -2.27. The Labute approximate surface area is 136 Å². The van der Waals surface area contributed by atoms with Gasteiger partial charge in [-0.2, -0.15) is 0 Å². The van der Waals surface area contributed by atoms with E-state index in [9.17, 15) is 4.39 Å². The summed E-state index contributed by atoms with van der Waals surface area (Å²) < 4.78 is 19.3. The summed E-state index contributed by atoms with van der Waals surface area (Å²) in [5.41, 5.74) is 4.67. The fraction of sp³-hybridized carbons (Fsp3) is 0.300. The molecule has 2 heterocycles. The van der Waals surface area contributed by atoms with Gasteiger partial charge in [0.1, 0.15) is 18.2 Å². The zero-order chi connectivity index (χ0) is 15.6. The van der Waals surface area contributed by atoms with Gasteiger partial charge in [-0.05, 0) is 60.8 Å². The van der Waals surface area contributed by atoms with E-state index < -0.39 is 0 Å². The molecule has 0 spiro atoms. The van der Waals surface area contributed by atoms with Crippen molar-refractivity contribution in [1.29, 1.82) is 0 Å². The molecule has 0 N–H and O–H groups in total. The first-order valence-corrected chi connectivity index (χ1v) is 8.24. The number of fused-ring (bicyclic) bond motifs is 1. The average molecular weight is 309 g/mol. The first-order valence-electron chi connectivity index (χ1n) is 8.24. The van der Waals surface area contributed by atoms with Gasteiger partial charge in [0.2, 0.25) is 0 Å². The number of likely N-dealkylation sites (tertiary alicyclic amines) is 1. The third-order valence-electron chi connectivity index (χ3n) is 4.66. The lowest BCUT2D eigenvalue weighted by atomic mass is 9.90. The molecule has 2 aliphatic rings. The highest BCUT2D eigenvalue weighted by Gasteiger charge is 2.23. The van der Waals surface area contributed by atoms with Crippen molar-refractivity contribution >= 4 is 5.57 Å². The predicted molar refractivity (Wildman–Crippen MR) is 90.0 cm³/mol. The highest BCUT2D eigenvalue weighted by molar-refractivity contribution is 5.86. The highest BCUT2D eigenvalue weighted by atomic mass is 19.1. The lowest BCUT2D eigenvalue weighted by Crippen LogP contribution is -2.26. The molecule has 3 heteroatoms. The Kier molecular flexibility index (Phi) is 3.88. The Morgan fingerprint density at radius 3 is 2.48 bits per heavy atom. The molecule has 1 fully saturated rings. The zero-order valence-corrected chi connectivity index (χ0v) is 13.1. The molecule has 4 rings (SSSR count). The minimum absolute atomic E-state index is 0.198. The second-order valence-corrected chi connectivity index (χ2v) is 6.25. The average Bonchev–Trinajstić information content (AvgIpc) is 3.09. The summed E-state index contributed by atoms with van der Waals surface area (Å²) in [5.74, 6) is 0.716. The van der Waals surface area contributed by atoms with Crippen molar-refractivity contribution < 1.29 is 9.13 Å². The smallest absolute Gasteiger partial charge is 0.127 e. The Bertz CT molecular complexity index is 730. The van der Waals surface area contributed by atoms with E-state index in [-0.39, 0.29) is 5.82 Å². The minimum atomic E-state index is -0.198. The van der Waals surface area contributed by atoms with Crippen LogP contribution in [-0.4, -0.2) is 31.1 Å². The van der Waals surface area contributed by atoms with Gasteiger partial charge in [0.15, 0.2) is 0 Å². The van der Waals surface area contributed by atoms with Crippen LogP contribution in [0.15, 0.2) is 54.1 Å². The molecule has 0 radical (unpaired) electrons. The van der Waals surface area contributed by atoms with Crippen LogP contribution in [0.5, 0.6) is 5.75 Å². The number of para-hydroxylation sites is 1. The Balaban J connectivity index is 1.80. The standard InChI is InChI=1S/C20H20FNO/c21-17-9-7-15(8-10-17)20-16(13-22-11-3-4-12-22)14-23-19-6-2-1-5-18(19)20/h1-2,5-10H,3-4,11-14H2. The topological polar surface area (TPSA) is 12.5 Å². The van der Waals surface area contributed by atoms with Gasteiger partial charge in [0.05, 0.1) is 0 Å². The molecule has 2 aliphatic heterocycles. The van der Waals surface area contributed by atoms with E-state index in [4.69, 9.17) is 4.74 Å². The maximum Gasteiger partial charge on any atom is 0.127 e. The van der Waals surface area contributed by atoms with Crippen LogP contribution in [0.4, 0.5) is 4.39 Å². The van der Waals surface area contributed by atoms with Crippen LogP contribution in [0.3, 0.4) is 0 Å². The predicted octanol–water partition coefficient (Wildman–Crippen LogP) is 4.12. The second kappa shape index (κ2) is 6.17. The van der Waals surface area contributed by atoms with Crippen molar-refractivity contribution in [2.45, 2.75) is 12.8 Å². The van der Waals surface area contributed by atoms with Crippen LogP contribution in [0.1, 0.15) is 24.0 Å². The number of hydrogen-bond acceptors (Lipinski definition) is 2. The molecule has 0 aliphatic carbocycles. The van der Waals surface area contributed by atoms with E-state index in [0.717, 1.165) is 36.5 Å². The quantitative estimate of drug-likeness (QED) is 0.846. The van der Waals surface area contributed by atoms with Crippen molar-refractivity contribution in [3.05, 3.63) is 71.0 Å². The van der Waals surface area contributed by atoms with Gasteiger partial charge < -0.3 is 4.74 Å². The zero-order valence-electron chi connectivity index (χ0n) is 13.1. The van der Waals surface area contributed by atoms with E-state index >= 15 is 0 Å². The van der Waals surface area contributed by atoms with Gasteiger partial charge in [0, 0.05) is 12.1 Å². The second-order valence-electron chi connectivity index (χ2n) is 6.25. The van der Waals surface area contributed by atoms with E-state index in [2.05, 4.69) is 11.0 Å². The molecule has 2 aromatic carbocycles. The fourth-order valence-corrected chi connectivity index (χ4v) is 3.54. The number of hydrogen-bond donors (Lipinski definition) is 0. The van der Waals surface area contributed by atoms with E-state index in [1.165, 1.54) is 36.1 Å². The summed E-state index contributed by atoms with van der Waals surface area (Å²) in [6, 6.07) is 14.9. The van der Waals surface area contributed by atoms with Crippen LogP contribution in [0.25, 0.3) is 5.57 Å². The highest BCUT2D eigenvalue weighted by Crippen LogP contribution is 2.37. The molecule has 1 saturated heterocycles. The molecule has 0 unspecified atom stereocenters. The van der Waals surface area contributed by atoms with Crippen molar-refractivity contribution in [2.24, 2.45) is 0 Å². The molecule has 0 amide bonds. The maximum absolute atomic E-state index is 13.3. The van der Waals surface area contributed by atoms with Gasteiger partial charge >= 0.3 is 0 Å². The van der Waals surface area contributed by atoms with Crippen molar-refractivity contribution in [3.8, 4) is 5.75 Å². The Hall–Kier alpha value is -2.13. The summed E-state index contributed by atoms with van der Waals surface area (Å²) in [4.78, 5) is 2.48.